The van der Waals surface area contributed by atoms with Crippen molar-refractivity contribution in [2.24, 2.45) is 0 Å². The van der Waals surface area contributed by atoms with Gasteiger partial charge in [-0.05, 0) is 115 Å². The Bertz CT molecular complexity index is 676. The number of rotatable bonds is 18. The highest BCUT2D eigenvalue weighted by Crippen LogP contribution is 2.38. The fourth-order valence-electron chi connectivity index (χ4n) is 3.54. The number of carbonyl (C=O) groups excluding carboxylic acids is 2. The van der Waals surface area contributed by atoms with E-state index in [9.17, 15) is 9.59 Å². The second kappa shape index (κ2) is 18.4. The summed E-state index contributed by atoms with van der Waals surface area (Å²) in [6, 6.07) is 6.79. The van der Waals surface area contributed by atoms with Crippen molar-refractivity contribution in [3.63, 3.8) is 0 Å². The number of benzene rings is 1. The second-order valence-electron chi connectivity index (χ2n) is 8.63. The summed E-state index contributed by atoms with van der Waals surface area (Å²) in [5, 5.41) is 0. The van der Waals surface area contributed by atoms with Gasteiger partial charge in [0.05, 0.1) is 11.1 Å². The Morgan fingerprint density at radius 3 is 1.29 bits per heavy atom. The first-order valence-electron chi connectivity index (χ1n) is 12.4. The minimum atomic E-state index is -0.636. The molecule has 0 saturated carbocycles. The molecular formula is C26H38I4O4. The minimum Gasteiger partial charge on any atom is -0.435 e. The molecule has 0 spiro atoms. The van der Waals surface area contributed by atoms with Crippen molar-refractivity contribution in [3.05, 3.63) is 35.4 Å². The summed E-state index contributed by atoms with van der Waals surface area (Å²) in [6.45, 7) is 4.42. The van der Waals surface area contributed by atoms with Gasteiger partial charge in [0.2, 0.25) is 3.23 Å². The van der Waals surface area contributed by atoms with E-state index in [-0.39, 0.29) is 11.1 Å². The second-order valence-corrected chi connectivity index (χ2v) is 19.7. The molecule has 1 aromatic carbocycles. The van der Waals surface area contributed by atoms with Gasteiger partial charge in [0, 0.05) is 12.8 Å². The molecule has 8 heteroatoms. The fourth-order valence-corrected chi connectivity index (χ4v) is 5.87. The number of carbonyl (C=O) groups is 2. The normalized spacial score (nSPS) is 11.9. The van der Waals surface area contributed by atoms with Crippen LogP contribution in [0.15, 0.2) is 24.3 Å². The van der Waals surface area contributed by atoms with Crippen LogP contribution in [0.3, 0.4) is 0 Å². The number of ether oxygens (including phenoxy) is 2. The first-order valence-corrected chi connectivity index (χ1v) is 16.7. The minimum absolute atomic E-state index is 0.260. The molecule has 0 amide bonds. The van der Waals surface area contributed by atoms with Gasteiger partial charge in [0.1, 0.15) is 0 Å². The van der Waals surface area contributed by atoms with E-state index in [0.29, 0.717) is 0 Å². The highest BCUT2D eigenvalue weighted by molar-refractivity contribution is 14.2. The molecule has 1 rings (SSSR count). The summed E-state index contributed by atoms with van der Waals surface area (Å²) < 4.78 is 10.3. The van der Waals surface area contributed by atoms with Gasteiger partial charge in [0.25, 0.3) is 0 Å². The summed E-state index contributed by atoms with van der Waals surface area (Å²) in [5.74, 6) is -0.962. The molecular weight excluding hydrogens is 884 g/mol. The van der Waals surface area contributed by atoms with Crippen LogP contribution in [0, 0.1) is 0 Å². The van der Waals surface area contributed by atoms with Crippen LogP contribution in [0.25, 0.3) is 0 Å². The predicted octanol–water partition coefficient (Wildman–Crippen LogP) is 10.5. The number of hydrogen-bond donors (Lipinski definition) is 0. The number of alkyl halides is 4. The van der Waals surface area contributed by atoms with Crippen LogP contribution in [0.5, 0.6) is 0 Å². The highest BCUT2D eigenvalue weighted by Gasteiger charge is 2.32. The molecule has 0 radical (unpaired) electrons. The lowest BCUT2D eigenvalue weighted by atomic mass is 10.1. The zero-order chi connectivity index (χ0) is 25.5. The van der Waals surface area contributed by atoms with Crippen LogP contribution in [0.1, 0.15) is 124 Å². The summed E-state index contributed by atoms with van der Waals surface area (Å²) in [4.78, 5) is 26.0. The lowest BCUT2D eigenvalue weighted by Gasteiger charge is -2.23. The quantitative estimate of drug-likeness (QED) is 0.0637. The average molecular weight is 922 g/mol. The lowest BCUT2D eigenvalue weighted by Crippen LogP contribution is -2.25. The molecule has 0 heterocycles. The monoisotopic (exact) mass is 922 g/mol. The van der Waals surface area contributed by atoms with Crippen LogP contribution in [-0.2, 0) is 9.47 Å². The van der Waals surface area contributed by atoms with E-state index in [1.165, 1.54) is 51.4 Å². The standard InChI is InChI=1S/C26H38I4O4/c1-3-5-7-9-11-15-19-25(27,28)33-23(31)21-17-13-14-18-22(21)24(32)34-26(29,30)20-16-12-10-8-6-4-2/h13-14,17-18H,3-12,15-16,19-20H2,1-2H3. The molecule has 0 aliphatic rings. The van der Waals surface area contributed by atoms with Crippen molar-refractivity contribution >= 4 is 102 Å². The van der Waals surface area contributed by atoms with Crippen molar-refractivity contribution in [1.29, 1.82) is 0 Å². The molecule has 0 fully saturated rings. The summed E-state index contributed by atoms with van der Waals surface area (Å²) in [7, 11) is 0. The number of halogens is 4. The Balaban J connectivity index is 2.64. The molecule has 0 unspecified atom stereocenters. The maximum Gasteiger partial charge on any atom is 0.340 e. The van der Waals surface area contributed by atoms with E-state index < -0.39 is 15.2 Å². The molecule has 0 aliphatic heterocycles. The van der Waals surface area contributed by atoms with Gasteiger partial charge in [0.15, 0.2) is 0 Å². The number of esters is 2. The Labute approximate surface area is 260 Å². The lowest BCUT2D eigenvalue weighted by molar-refractivity contribution is 0.0396. The topological polar surface area (TPSA) is 52.6 Å². The predicted molar refractivity (Wildman–Crippen MR) is 175 cm³/mol. The average Bonchev–Trinajstić information content (AvgIpc) is 2.77. The molecule has 0 N–H and O–H groups in total. The zero-order valence-corrected chi connectivity index (χ0v) is 29.0. The van der Waals surface area contributed by atoms with Gasteiger partial charge in [-0.2, -0.15) is 0 Å². The first-order chi connectivity index (χ1) is 16.1. The molecule has 34 heavy (non-hydrogen) atoms. The summed E-state index contributed by atoms with van der Waals surface area (Å²) in [6.07, 6.45) is 15.8. The van der Waals surface area contributed by atoms with E-state index in [4.69, 9.17) is 9.47 Å². The van der Waals surface area contributed by atoms with Crippen molar-refractivity contribution in [1.82, 2.24) is 0 Å². The van der Waals surface area contributed by atoms with Crippen molar-refractivity contribution in [3.8, 4) is 0 Å². The van der Waals surface area contributed by atoms with Crippen molar-refractivity contribution in [2.45, 2.75) is 107 Å². The van der Waals surface area contributed by atoms with Crippen LogP contribution in [0.2, 0.25) is 0 Å². The smallest absolute Gasteiger partial charge is 0.340 e. The Morgan fingerprint density at radius 1 is 0.618 bits per heavy atom. The molecule has 194 valence electrons. The Kier molecular flexibility index (Phi) is 17.9. The SMILES string of the molecule is CCCCCCCCC(I)(I)OC(=O)c1ccccc1C(=O)OC(I)(I)CCCCCCCC. The van der Waals surface area contributed by atoms with E-state index in [1.54, 1.807) is 24.3 Å². The van der Waals surface area contributed by atoms with Crippen LogP contribution >= 0.6 is 90.4 Å². The van der Waals surface area contributed by atoms with Crippen LogP contribution < -0.4 is 0 Å². The van der Waals surface area contributed by atoms with Gasteiger partial charge < -0.3 is 9.47 Å². The third-order valence-corrected chi connectivity index (χ3v) is 8.53. The molecule has 0 atom stereocenters. The number of unbranched alkanes of at least 4 members (excludes halogenated alkanes) is 10. The van der Waals surface area contributed by atoms with Gasteiger partial charge in [-0.25, -0.2) is 9.59 Å². The summed E-state index contributed by atoms with van der Waals surface area (Å²) in [5.41, 5.74) is 0.521. The maximum atomic E-state index is 13.0. The third-order valence-electron chi connectivity index (χ3n) is 5.49. The zero-order valence-electron chi connectivity index (χ0n) is 20.4. The van der Waals surface area contributed by atoms with E-state index >= 15 is 0 Å². The van der Waals surface area contributed by atoms with Gasteiger partial charge >= 0.3 is 11.9 Å². The van der Waals surface area contributed by atoms with Gasteiger partial charge in [-0.15, -0.1) is 0 Å². The molecule has 0 aliphatic carbocycles. The van der Waals surface area contributed by atoms with Crippen molar-refractivity contribution < 1.29 is 19.1 Å². The Morgan fingerprint density at radius 2 is 0.941 bits per heavy atom. The summed E-state index contributed by atoms with van der Waals surface area (Å²) >= 11 is 8.76. The highest BCUT2D eigenvalue weighted by atomic mass is 127. The van der Waals surface area contributed by atoms with Crippen molar-refractivity contribution in [2.75, 3.05) is 0 Å². The Hall–Kier alpha value is 1.08. The first kappa shape index (κ1) is 33.1. The van der Waals surface area contributed by atoms with Crippen LogP contribution in [-0.4, -0.2) is 15.2 Å². The third kappa shape index (κ3) is 14.7. The van der Waals surface area contributed by atoms with Gasteiger partial charge in [-0.3, -0.25) is 0 Å². The maximum absolute atomic E-state index is 13.0. The largest absolute Gasteiger partial charge is 0.435 e. The fraction of sp³-hybridized carbons (Fsp3) is 0.692. The molecule has 0 aromatic heterocycles. The molecule has 0 saturated heterocycles. The number of hydrogen-bond acceptors (Lipinski definition) is 4. The van der Waals surface area contributed by atoms with E-state index in [0.717, 1.165) is 38.5 Å². The van der Waals surface area contributed by atoms with E-state index in [2.05, 4.69) is 104 Å². The van der Waals surface area contributed by atoms with E-state index in [1.807, 2.05) is 0 Å². The van der Waals surface area contributed by atoms with Gasteiger partial charge in [-0.1, -0.05) is 90.2 Å². The molecule has 4 nitrogen and oxygen atoms in total. The van der Waals surface area contributed by atoms with Crippen LogP contribution in [0.4, 0.5) is 0 Å². The molecule has 0 bridgehead atoms. The molecule has 1 aromatic rings.